The fraction of sp³-hybridized carbons (Fsp3) is 0.0769. The Labute approximate surface area is 206 Å². The smallest absolute Gasteiger partial charge is 0.298 e. The van der Waals surface area contributed by atoms with Crippen LogP contribution in [0.5, 0.6) is 0 Å². The summed E-state index contributed by atoms with van der Waals surface area (Å²) in [4.78, 5) is 22.0. The Bertz CT molecular complexity index is 1800. The van der Waals surface area contributed by atoms with Gasteiger partial charge in [-0.2, -0.15) is 18.3 Å². The maximum absolute atomic E-state index is 14.0. The third-order valence-corrected chi connectivity index (χ3v) is 6.77. The van der Waals surface area contributed by atoms with Crippen molar-refractivity contribution in [3.8, 4) is 11.3 Å². The first-order chi connectivity index (χ1) is 17.3. The maximum Gasteiger partial charge on any atom is 0.433 e. The van der Waals surface area contributed by atoms with Crippen LogP contribution in [0.25, 0.3) is 37.9 Å². The first-order valence-electron chi connectivity index (χ1n) is 10.9. The lowest BCUT2D eigenvalue weighted by Crippen LogP contribution is -2.15. The lowest BCUT2D eigenvalue weighted by Gasteiger charge is -2.13. The number of aromatic nitrogens is 4. The SMILES string of the molecule is Cc1ccc2nc(NC(=O)c3cnn4c(C(F)(F)F)cc(-c5cccc6ccccc56)nc34)sc2c1. The topological polar surface area (TPSA) is 72.2 Å². The van der Waals surface area contributed by atoms with E-state index in [2.05, 4.69) is 20.4 Å². The fourth-order valence-corrected chi connectivity index (χ4v) is 5.12. The first-order valence-corrected chi connectivity index (χ1v) is 11.7. The molecule has 0 aliphatic rings. The lowest BCUT2D eigenvalue weighted by molar-refractivity contribution is -0.142. The molecule has 36 heavy (non-hydrogen) atoms. The molecule has 0 bridgehead atoms. The lowest BCUT2D eigenvalue weighted by atomic mass is 10.0. The van der Waals surface area contributed by atoms with Gasteiger partial charge in [0.05, 0.1) is 22.1 Å². The second-order valence-electron chi connectivity index (χ2n) is 8.29. The number of thiazole rings is 1. The molecule has 3 aromatic heterocycles. The van der Waals surface area contributed by atoms with Crippen molar-refractivity contribution in [2.24, 2.45) is 0 Å². The highest BCUT2D eigenvalue weighted by molar-refractivity contribution is 7.22. The van der Waals surface area contributed by atoms with E-state index < -0.39 is 17.8 Å². The standard InChI is InChI=1S/C26H16F3N5OS/c1-14-9-10-19-21(11-14)36-25(32-19)33-24(35)18-13-30-34-22(26(27,28)29)12-20(31-23(18)34)17-8-4-6-15-5-2-3-7-16(15)17/h2-13H,1H3,(H,32,33,35). The van der Waals surface area contributed by atoms with Gasteiger partial charge in [0.2, 0.25) is 0 Å². The number of benzene rings is 3. The van der Waals surface area contributed by atoms with Crippen LogP contribution in [0.2, 0.25) is 0 Å². The van der Waals surface area contributed by atoms with Crippen molar-refractivity contribution in [1.29, 1.82) is 0 Å². The van der Waals surface area contributed by atoms with Gasteiger partial charge in [-0.25, -0.2) is 14.5 Å². The normalized spacial score (nSPS) is 12.0. The summed E-state index contributed by atoms with van der Waals surface area (Å²) in [6.07, 6.45) is -3.62. The Morgan fingerprint density at radius 2 is 1.81 bits per heavy atom. The Morgan fingerprint density at radius 3 is 2.64 bits per heavy atom. The van der Waals surface area contributed by atoms with E-state index in [0.29, 0.717) is 15.2 Å². The second-order valence-corrected chi connectivity index (χ2v) is 9.32. The summed E-state index contributed by atoms with van der Waals surface area (Å²) in [6.45, 7) is 1.95. The summed E-state index contributed by atoms with van der Waals surface area (Å²) >= 11 is 1.28. The third kappa shape index (κ3) is 3.75. The van der Waals surface area contributed by atoms with Gasteiger partial charge < -0.3 is 0 Å². The number of carbonyl (C=O) groups excluding carboxylic acids is 1. The van der Waals surface area contributed by atoms with Crippen LogP contribution < -0.4 is 5.32 Å². The Hall–Kier alpha value is -4.31. The van der Waals surface area contributed by atoms with Crippen molar-refractivity contribution < 1.29 is 18.0 Å². The summed E-state index contributed by atoms with van der Waals surface area (Å²) in [5.74, 6) is -0.642. The van der Waals surface area contributed by atoms with Crippen molar-refractivity contribution in [2.75, 3.05) is 5.32 Å². The minimum atomic E-state index is -4.72. The highest BCUT2D eigenvalue weighted by atomic mass is 32.1. The van der Waals surface area contributed by atoms with Gasteiger partial charge in [-0.1, -0.05) is 59.9 Å². The van der Waals surface area contributed by atoms with E-state index in [1.54, 1.807) is 12.1 Å². The fourth-order valence-electron chi connectivity index (χ4n) is 4.16. The van der Waals surface area contributed by atoms with E-state index in [4.69, 9.17) is 0 Å². The molecule has 0 spiro atoms. The van der Waals surface area contributed by atoms with Crippen molar-refractivity contribution in [2.45, 2.75) is 13.1 Å². The van der Waals surface area contributed by atoms with Crippen LogP contribution in [0.15, 0.2) is 72.9 Å². The molecule has 1 amide bonds. The number of nitrogens with one attached hydrogen (secondary N) is 1. The van der Waals surface area contributed by atoms with Gasteiger partial charge in [0.1, 0.15) is 5.56 Å². The quantitative estimate of drug-likeness (QED) is 0.290. The van der Waals surface area contributed by atoms with E-state index in [1.807, 2.05) is 55.5 Å². The van der Waals surface area contributed by atoms with Gasteiger partial charge in [0.25, 0.3) is 5.91 Å². The average Bonchev–Trinajstić information content (AvgIpc) is 3.45. The summed E-state index contributed by atoms with van der Waals surface area (Å²) < 4.78 is 43.7. The number of alkyl halides is 3. The largest absolute Gasteiger partial charge is 0.433 e. The average molecular weight is 504 g/mol. The molecule has 6 nitrogen and oxygen atoms in total. The molecule has 0 aliphatic heterocycles. The van der Waals surface area contributed by atoms with Crippen molar-refractivity contribution >= 4 is 49.0 Å². The van der Waals surface area contributed by atoms with Crippen molar-refractivity contribution in [3.05, 3.63) is 89.7 Å². The van der Waals surface area contributed by atoms with Gasteiger partial charge in [0.15, 0.2) is 16.5 Å². The highest BCUT2D eigenvalue weighted by Crippen LogP contribution is 2.35. The van der Waals surface area contributed by atoms with Gasteiger partial charge in [-0.3, -0.25) is 10.1 Å². The number of nitrogens with zero attached hydrogens (tertiary/aromatic N) is 4. The molecule has 0 saturated carbocycles. The number of anilines is 1. The van der Waals surface area contributed by atoms with Crippen LogP contribution in [0.4, 0.5) is 18.3 Å². The first kappa shape index (κ1) is 22.2. The van der Waals surface area contributed by atoms with Gasteiger partial charge in [-0.15, -0.1) is 0 Å². The van der Waals surface area contributed by atoms with Crippen LogP contribution >= 0.6 is 11.3 Å². The number of fused-ring (bicyclic) bond motifs is 3. The molecular formula is C26H16F3N5OS. The van der Waals surface area contributed by atoms with E-state index >= 15 is 0 Å². The molecule has 178 valence electrons. The molecule has 0 aliphatic carbocycles. The minimum Gasteiger partial charge on any atom is -0.298 e. The summed E-state index contributed by atoms with van der Waals surface area (Å²) in [7, 11) is 0. The van der Waals surface area contributed by atoms with Crippen LogP contribution in [0, 0.1) is 6.92 Å². The van der Waals surface area contributed by atoms with Crippen LogP contribution in [-0.2, 0) is 6.18 Å². The maximum atomic E-state index is 14.0. The van der Waals surface area contributed by atoms with Crippen molar-refractivity contribution in [3.63, 3.8) is 0 Å². The zero-order chi connectivity index (χ0) is 25.0. The highest BCUT2D eigenvalue weighted by Gasteiger charge is 2.36. The zero-order valence-electron chi connectivity index (χ0n) is 18.7. The van der Waals surface area contributed by atoms with Gasteiger partial charge >= 0.3 is 6.18 Å². The van der Waals surface area contributed by atoms with Crippen molar-refractivity contribution in [1.82, 2.24) is 19.6 Å². The van der Waals surface area contributed by atoms with Gasteiger partial charge in [0, 0.05) is 5.56 Å². The molecule has 10 heteroatoms. The zero-order valence-corrected chi connectivity index (χ0v) is 19.5. The molecule has 6 rings (SSSR count). The number of hydrogen-bond acceptors (Lipinski definition) is 5. The monoisotopic (exact) mass is 503 g/mol. The molecule has 3 heterocycles. The van der Waals surface area contributed by atoms with Crippen LogP contribution in [0.1, 0.15) is 21.6 Å². The summed E-state index contributed by atoms with van der Waals surface area (Å²) in [5, 5.41) is 8.49. The predicted molar refractivity (Wildman–Crippen MR) is 133 cm³/mol. The molecule has 3 aromatic carbocycles. The molecule has 1 N–H and O–H groups in total. The Kier molecular flexibility index (Phi) is 5.01. The predicted octanol–water partition coefficient (Wildman–Crippen LogP) is 6.74. The number of amides is 1. The van der Waals surface area contributed by atoms with E-state index in [-0.39, 0.29) is 16.9 Å². The number of aryl methyl sites for hydroxylation is 1. The summed E-state index contributed by atoms with van der Waals surface area (Å²) in [6, 6.07) is 19.4. The molecule has 0 fully saturated rings. The Morgan fingerprint density at radius 1 is 1.00 bits per heavy atom. The molecule has 0 atom stereocenters. The Balaban J connectivity index is 1.49. The third-order valence-electron chi connectivity index (χ3n) is 5.84. The number of carbonyl (C=O) groups is 1. The number of hydrogen-bond donors (Lipinski definition) is 1. The van der Waals surface area contributed by atoms with Crippen LogP contribution in [0.3, 0.4) is 0 Å². The van der Waals surface area contributed by atoms with E-state index in [9.17, 15) is 18.0 Å². The second kappa shape index (κ2) is 8.13. The van der Waals surface area contributed by atoms with E-state index in [0.717, 1.165) is 38.8 Å². The molecule has 6 aromatic rings. The number of halogens is 3. The molecule has 0 saturated heterocycles. The molecular weight excluding hydrogens is 487 g/mol. The summed E-state index contributed by atoms with van der Waals surface area (Å²) in [5.41, 5.74) is 1.09. The van der Waals surface area contributed by atoms with E-state index in [1.165, 1.54) is 11.3 Å². The van der Waals surface area contributed by atoms with Crippen LogP contribution in [-0.4, -0.2) is 25.5 Å². The number of rotatable bonds is 3. The molecule has 0 unspecified atom stereocenters. The molecule has 0 radical (unpaired) electrons. The van der Waals surface area contributed by atoms with Gasteiger partial charge in [-0.05, 0) is 41.5 Å². The minimum absolute atomic E-state index is 0.0852.